The number of methoxy groups -OCH3 is 1. The summed E-state index contributed by atoms with van der Waals surface area (Å²) >= 11 is 0. The molecule has 0 aliphatic carbocycles. The maximum absolute atomic E-state index is 11.5. The van der Waals surface area contributed by atoms with Crippen LogP contribution in [0.15, 0.2) is 47.4 Å². The number of rotatable bonds is 10. The van der Waals surface area contributed by atoms with E-state index in [0.717, 1.165) is 42.4 Å². The van der Waals surface area contributed by atoms with E-state index in [1.165, 1.54) is 0 Å². The minimum absolute atomic E-state index is 0.194. The molecule has 1 heterocycles. The van der Waals surface area contributed by atoms with Crippen molar-refractivity contribution in [2.75, 3.05) is 12.9 Å². The molecular weight excluding hydrogens is 436 g/mol. The number of hydrogen-bond donors (Lipinski definition) is 4. The number of nitrogens with one attached hydrogen (secondary N) is 1. The fourth-order valence-corrected chi connectivity index (χ4v) is 7.05. The lowest BCUT2D eigenvalue weighted by Gasteiger charge is -2.42. The largest absolute Gasteiger partial charge is 0.496 e. The summed E-state index contributed by atoms with van der Waals surface area (Å²) < 4.78 is 28.8. The predicted molar refractivity (Wildman–Crippen MR) is 135 cm³/mol. The third kappa shape index (κ3) is 5.90. The minimum atomic E-state index is -3.07. The number of hydrogen-bond acceptors (Lipinski definition) is 5. The average molecular weight is 475 g/mol. The van der Waals surface area contributed by atoms with Gasteiger partial charge in [0.05, 0.1) is 23.8 Å². The molecule has 0 fully saturated rings. The van der Waals surface area contributed by atoms with Gasteiger partial charge in [0.25, 0.3) is 0 Å². The van der Waals surface area contributed by atoms with Crippen LogP contribution in [0.5, 0.6) is 5.75 Å². The number of benzene rings is 2. The Morgan fingerprint density at radius 2 is 1.94 bits per heavy atom. The Hall–Kier alpha value is -2.06. The zero-order valence-electron chi connectivity index (χ0n) is 20.0. The Kier molecular flexibility index (Phi) is 8.45. The average Bonchev–Trinajstić information content (AvgIpc) is 2.90. The van der Waals surface area contributed by atoms with E-state index < -0.39 is 16.1 Å². The first-order valence-electron chi connectivity index (χ1n) is 11.8. The maximum Gasteiger partial charge on any atom is 0.217 e. The van der Waals surface area contributed by atoms with Gasteiger partial charge in [-0.15, -0.1) is 0 Å². The first kappa shape index (κ1) is 25.6. The SMILES string of the molecule is CCCCC1(CC)CS(O)(O)c2cc(CCCC(N)=O)c(OC)cc2C(c2ccccc2)N1. The van der Waals surface area contributed by atoms with Crippen LogP contribution in [-0.4, -0.2) is 33.4 Å². The molecule has 3 rings (SSSR count). The van der Waals surface area contributed by atoms with E-state index in [2.05, 4.69) is 31.3 Å². The van der Waals surface area contributed by atoms with Crippen LogP contribution in [0.4, 0.5) is 0 Å². The van der Waals surface area contributed by atoms with Crippen LogP contribution >= 0.6 is 10.6 Å². The Morgan fingerprint density at radius 1 is 1.21 bits per heavy atom. The molecule has 1 aliphatic rings. The standard InChI is InChI=1S/C26H38N2O4S/c1-4-6-15-26(5-2)18-33(30,31)23-16-20(13-10-14-24(27)29)22(32-3)17-21(23)25(28-26)19-11-8-7-9-12-19/h7-9,11-12,16-17,25,28,30-31H,4-6,10,13-15,18H2,1-3H3,(H2,27,29). The van der Waals surface area contributed by atoms with Gasteiger partial charge in [0.1, 0.15) is 5.75 Å². The molecule has 1 aliphatic heterocycles. The van der Waals surface area contributed by atoms with Crippen molar-refractivity contribution in [2.24, 2.45) is 5.73 Å². The molecule has 182 valence electrons. The Balaban J connectivity index is 2.16. The number of primary amides is 1. The molecule has 33 heavy (non-hydrogen) atoms. The van der Waals surface area contributed by atoms with Crippen molar-refractivity contribution in [1.29, 1.82) is 0 Å². The summed E-state index contributed by atoms with van der Waals surface area (Å²) in [4.78, 5) is 11.8. The van der Waals surface area contributed by atoms with E-state index in [0.29, 0.717) is 23.5 Å². The van der Waals surface area contributed by atoms with E-state index in [9.17, 15) is 13.9 Å². The third-order valence-electron chi connectivity index (χ3n) is 6.69. The zero-order chi connectivity index (χ0) is 24.1. The summed E-state index contributed by atoms with van der Waals surface area (Å²) in [5.74, 6) is 0.624. The summed E-state index contributed by atoms with van der Waals surface area (Å²) in [6, 6.07) is 13.8. The Labute approximate surface area is 199 Å². The number of unbranched alkanes of at least 4 members (excludes halogenated alkanes) is 1. The lowest BCUT2D eigenvalue weighted by Crippen LogP contribution is -2.49. The molecule has 2 unspecified atom stereocenters. The summed E-state index contributed by atoms with van der Waals surface area (Å²) in [5.41, 5.74) is 7.70. The first-order valence-corrected chi connectivity index (χ1v) is 13.5. The number of carbonyl (C=O) groups excluding carboxylic acids is 1. The van der Waals surface area contributed by atoms with Crippen LogP contribution in [0, 0.1) is 0 Å². The van der Waals surface area contributed by atoms with Crippen molar-refractivity contribution in [3.05, 3.63) is 59.2 Å². The van der Waals surface area contributed by atoms with Gasteiger partial charge in [0, 0.05) is 17.5 Å². The van der Waals surface area contributed by atoms with Gasteiger partial charge in [-0.3, -0.25) is 19.2 Å². The zero-order valence-corrected chi connectivity index (χ0v) is 20.8. The number of fused-ring (bicyclic) bond motifs is 1. The van der Waals surface area contributed by atoms with Crippen LogP contribution in [0.3, 0.4) is 0 Å². The quantitative estimate of drug-likeness (QED) is 0.356. The van der Waals surface area contributed by atoms with E-state index in [4.69, 9.17) is 10.5 Å². The smallest absolute Gasteiger partial charge is 0.217 e. The van der Waals surface area contributed by atoms with Crippen molar-refractivity contribution in [1.82, 2.24) is 5.32 Å². The van der Waals surface area contributed by atoms with Gasteiger partial charge in [-0.2, -0.15) is 10.6 Å². The third-order valence-corrected chi connectivity index (χ3v) is 8.71. The molecule has 2 atom stereocenters. The predicted octanol–water partition coefficient (Wildman–Crippen LogP) is 5.64. The lowest BCUT2D eigenvalue weighted by atomic mass is 9.87. The minimum Gasteiger partial charge on any atom is -0.496 e. The van der Waals surface area contributed by atoms with Crippen molar-refractivity contribution in [2.45, 2.75) is 75.3 Å². The van der Waals surface area contributed by atoms with Crippen LogP contribution < -0.4 is 15.8 Å². The van der Waals surface area contributed by atoms with Crippen molar-refractivity contribution in [3.8, 4) is 5.75 Å². The molecule has 0 spiro atoms. The summed E-state index contributed by atoms with van der Waals surface area (Å²) in [6.45, 7) is 4.27. The Morgan fingerprint density at radius 3 is 2.55 bits per heavy atom. The van der Waals surface area contributed by atoms with Crippen LogP contribution in [-0.2, 0) is 11.2 Å². The molecule has 2 aromatic rings. The van der Waals surface area contributed by atoms with Gasteiger partial charge in [-0.05, 0) is 48.9 Å². The normalized spacial score (nSPS) is 22.8. The van der Waals surface area contributed by atoms with Crippen LogP contribution in [0.2, 0.25) is 0 Å². The fraction of sp³-hybridized carbons (Fsp3) is 0.500. The second-order valence-corrected chi connectivity index (χ2v) is 11.1. The highest BCUT2D eigenvalue weighted by Gasteiger charge is 2.42. The van der Waals surface area contributed by atoms with Gasteiger partial charge in [0.2, 0.25) is 5.91 Å². The van der Waals surface area contributed by atoms with Gasteiger partial charge in [-0.25, -0.2) is 0 Å². The molecule has 0 saturated carbocycles. The number of aryl methyl sites for hydroxylation is 1. The fourth-order valence-electron chi connectivity index (χ4n) is 4.80. The monoisotopic (exact) mass is 474 g/mol. The number of carbonyl (C=O) groups is 1. The number of amides is 1. The van der Waals surface area contributed by atoms with E-state index >= 15 is 0 Å². The molecule has 0 radical (unpaired) electrons. The van der Waals surface area contributed by atoms with Crippen molar-refractivity contribution < 1.29 is 18.6 Å². The topological polar surface area (TPSA) is 105 Å². The van der Waals surface area contributed by atoms with E-state index in [-0.39, 0.29) is 24.1 Å². The Bertz CT molecular complexity index is 951. The molecule has 5 N–H and O–H groups in total. The molecule has 6 nitrogen and oxygen atoms in total. The second-order valence-electron chi connectivity index (χ2n) is 9.06. The van der Waals surface area contributed by atoms with Gasteiger partial charge >= 0.3 is 0 Å². The maximum atomic E-state index is 11.5. The van der Waals surface area contributed by atoms with Crippen molar-refractivity contribution in [3.63, 3.8) is 0 Å². The van der Waals surface area contributed by atoms with Gasteiger partial charge in [0.15, 0.2) is 0 Å². The van der Waals surface area contributed by atoms with E-state index in [1.807, 2.05) is 30.3 Å². The molecule has 0 aromatic heterocycles. The highest BCUT2D eigenvalue weighted by molar-refractivity contribution is 8.24. The second kappa shape index (κ2) is 10.9. The van der Waals surface area contributed by atoms with Gasteiger partial charge in [-0.1, -0.05) is 57.0 Å². The first-order chi connectivity index (χ1) is 15.7. The number of ether oxygens (including phenoxy) is 1. The van der Waals surface area contributed by atoms with Crippen molar-refractivity contribution >= 4 is 16.5 Å². The summed E-state index contributed by atoms with van der Waals surface area (Å²) in [7, 11) is -1.45. The van der Waals surface area contributed by atoms with Crippen LogP contribution in [0.1, 0.15) is 75.1 Å². The highest BCUT2D eigenvalue weighted by atomic mass is 32.3. The lowest BCUT2D eigenvalue weighted by molar-refractivity contribution is -0.118. The molecule has 0 saturated heterocycles. The van der Waals surface area contributed by atoms with Gasteiger partial charge < -0.3 is 10.5 Å². The molecule has 7 heteroatoms. The summed E-state index contributed by atoms with van der Waals surface area (Å²) in [6.07, 6.45) is 5.16. The number of nitrogens with two attached hydrogens (primary N) is 1. The molecule has 1 amide bonds. The summed E-state index contributed by atoms with van der Waals surface area (Å²) in [5, 5.41) is 3.86. The molecule has 2 aromatic carbocycles. The molecule has 0 bridgehead atoms. The molecular formula is C26H38N2O4S. The van der Waals surface area contributed by atoms with Crippen LogP contribution in [0.25, 0.3) is 0 Å². The highest BCUT2D eigenvalue weighted by Crippen LogP contribution is 2.58. The van der Waals surface area contributed by atoms with E-state index in [1.54, 1.807) is 7.11 Å².